The summed E-state index contributed by atoms with van der Waals surface area (Å²) < 4.78 is 69.3. The fourth-order valence-electron chi connectivity index (χ4n) is 0.958. The van der Waals surface area contributed by atoms with Gasteiger partial charge in [-0.3, -0.25) is 0 Å². The van der Waals surface area contributed by atoms with Gasteiger partial charge >= 0.3 is 4.55 Å². The Hall–Kier alpha value is 0.185. The molecule has 0 aliphatic heterocycles. The van der Waals surface area contributed by atoms with Crippen LogP contribution in [0.25, 0.3) is 0 Å². The van der Waals surface area contributed by atoms with Crippen molar-refractivity contribution in [2.75, 3.05) is 17.3 Å². The van der Waals surface area contributed by atoms with E-state index in [4.69, 9.17) is 0 Å². The molecule has 0 amide bonds. The van der Waals surface area contributed by atoms with E-state index in [9.17, 15) is 25.3 Å². The van der Waals surface area contributed by atoms with E-state index in [1.165, 1.54) is 0 Å². The summed E-state index contributed by atoms with van der Waals surface area (Å²) in [5.41, 5.74) is 0. The van der Waals surface area contributed by atoms with E-state index >= 15 is 0 Å². The highest BCUT2D eigenvalue weighted by Gasteiger charge is 2.34. The molecule has 0 aliphatic carbocycles. The monoisotopic (exact) mass is 422 g/mol. The summed E-state index contributed by atoms with van der Waals surface area (Å²) in [4.78, 5) is 0. The molecule has 0 fully saturated rings. The summed E-state index contributed by atoms with van der Waals surface area (Å²) in [5, 5.41) is 0. The van der Waals surface area contributed by atoms with Crippen molar-refractivity contribution in [3.63, 3.8) is 0 Å². The molecule has 126 valence electrons. The molecule has 0 aromatic heterocycles. The van der Waals surface area contributed by atoms with Crippen molar-refractivity contribution in [2.24, 2.45) is 0 Å². The molecule has 0 N–H and O–H groups in total. The van der Waals surface area contributed by atoms with Crippen LogP contribution in [0.15, 0.2) is 38.0 Å². The van der Waals surface area contributed by atoms with Crippen molar-refractivity contribution in [1.29, 1.82) is 0 Å². The van der Waals surface area contributed by atoms with E-state index in [1.54, 1.807) is 0 Å². The summed E-state index contributed by atoms with van der Waals surface area (Å²) in [6.07, 6.45) is 3.43. The Bertz CT molecular complexity index is 608. The summed E-state index contributed by atoms with van der Waals surface area (Å²) >= 11 is 0. The summed E-state index contributed by atoms with van der Waals surface area (Å²) in [5.74, 6) is -1.17. The van der Waals surface area contributed by atoms with Gasteiger partial charge < -0.3 is 0 Å². The van der Waals surface area contributed by atoms with Crippen molar-refractivity contribution in [3.05, 3.63) is 38.0 Å². The number of rotatable bonds is 12. The van der Waals surface area contributed by atoms with Gasteiger partial charge in [0.1, 0.15) is 0 Å². The molecular formula is C9H15BO6S6. The average Bonchev–Trinajstić information content (AvgIpc) is 2.25. The molecule has 13 heteroatoms. The second-order valence-electron chi connectivity index (χ2n) is 3.62. The lowest BCUT2D eigenvalue weighted by Crippen LogP contribution is -2.15. The SMILES string of the molecule is C=CCS(=O)(=O)SB(SS(=O)(=O)CC=C)SS(=O)(=O)CC=C. The van der Waals surface area contributed by atoms with E-state index in [2.05, 4.69) is 19.7 Å². The first-order valence-electron chi connectivity index (χ1n) is 5.52. The average molecular weight is 422 g/mol. The third kappa shape index (κ3) is 10.1. The lowest BCUT2D eigenvalue weighted by atomic mass is 10.7. The minimum Gasteiger partial charge on any atom is -0.218 e. The first-order chi connectivity index (χ1) is 9.97. The molecule has 0 aromatic carbocycles. The van der Waals surface area contributed by atoms with Gasteiger partial charge in [0.05, 0.1) is 17.3 Å². The zero-order valence-corrected chi connectivity index (χ0v) is 16.4. The van der Waals surface area contributed by atoms with Gasteiger partial charge in [0.25, 0.3) is 0 Å². The Balaban J connectivity index is 5.36. The minimum atomic E-state index is -3.73. The second kappa shape index (κ2) is 9.47. The molecule has 0 saturated heterocycles. The Morgan fingerprint density at radius 3 is 1.05 bits per heavy atom. The van der Waals surface area contributed by atoms with Crippen LogP contribution in [-0.4, -0.2) is 47.1 Å². The van der Waals surface area contributed by atoms with Gasteiger partial charge in [-0.15, -0.1) is 19.7 Å². The molecule has 0 bridgehead atoms. The van der Waals surface area contributed by atoms with E-state index < -0.39 is 48.4 Å². The number of hydrogen-bond donors (Lipinski definition) is 0. The molecule has 0 heterocycles. The minimum absolute atomic E-state index is 0.277. The third-order valence-corrected chi connectivity index (χ3v) is 14.4. The van der Waals surface area contributed by atoms with Gasteiger partial charge in [0.2, 0.25) is 0 Å². The van der Waals surface area contributed by atoms with Crippen molar-refractivity contribution >= 4 is 63.1 Å². The van der Waals surface area contributed by atoms with E-state index in [-0.39, 0.29) is 31.9 Å². The van der Waals surface area contributed by atoms with Gasteiger partial charge in [0, 0.05) is 0 Å². The molecule has 0 atom stereocenters. The maximum atomic E-state index is 11.8. The Morgan fingerprint density at radius 1 is 0.636 bits per heavy atom. The van der Waals surface area contributed by atoms with Crippen LogP contribution >= 0.6 is 31.9 Å². The molecule has 0 spiro atoms. The highest BCUT2D eigenvalue weighted by atomic mass is 33.2. The van der Waals surface area contributed by atoms with Gasteiger partial charge in [-0.25, -0.2) is 25.3 Å². The maximum absolute atomic E-state index is 11.8. The highest BCUT2D eigenvalue weighted by molar-refractivity contribution is 9.15. The first kappa shape index (κ1) is 22.2. The third-order valence-electron chi connectivity index (χ3n) is 1.64. The zero-order chi connectivity index (χ0) is 17.4. The van der Waals surface area contributed by atoms with Gasteiger partial charge in [-0.05, 0) is 0 Å². The summed E-state index contributed by atoms with van der Waals surface area (Å²) in [6, 6.07) is 0. The molecule has 0 aliphatic rings. The fourth-order valence-corrected chi connectivity index (χ4v) is 16.8. The zero-order valence-electron chi connectivity index (χ0n) is 11.5. The Labute approximate surface area is 143 Å². The molecule has 0 radical (unpaired) electrons. The van der Waals surface area contributed by atoms with Crippen LogP contribution in [0, 0.1) is 0 Å². The van der Waals surface area contributed by atoms with Crippen LogP contribution < -0.4 is 0 Å². The largest absolute Gasteiger partial charge is 0.391 e. The predicted octanol–water partition coefficient (Wildman–Crippen LogP) is 1.72. The van der Waals surface area contributed by atoms with Crippen LogP contribution in [0.4, 0.5) is 0 Å². The Morgan fingerprint density at radius 2 is 0.864 bits per heavy atom. The molecule has 22 heavy (non-hydrogen) atoms. The molecule has 0 saturated carbocycles. The normalized spacial score (nSPS) is 12.5. The highest BCUT2D eigenvalue weighted by Crippen LogP contribution is 2.39. The van der Waals surface area contributed by atoms with Gasteiger partial charge in [-0.2, -0.15) is 0 Å². The summed E-state index contributed by atoms with van der Waals surface area (Å²) in [7, 11) is -10.4. The fraction of sp³-hybridized carbons (Fsp3) is 0.333. The van der Waals surface area contributed by atoms with Gasteiger partial charge in [0.15, 0.2) is 26.6 Å². The molecule has 6 nitrogen and oxygen atoms in total. The standard InChI is InChI=1S/C9H15BO6S6/c1-4-7-20(11,12)17-10(18-21(13,14)8-5-2)19-22(15,16)9-6-3/h4-6H,1-3,7-9H2. The second-order valence-corrected chi connectivity index (χ2v) is 17.2. The van der Waals surface area contributed by atoms with E-state index in [0.29, 0.717) is 0 Å². The lowest BCUT2D eigenvalue weighted by molar-refractivity contribution is 0.612. The van der Waals surface area contributed by atoms with Crippen LogP contribution in [0.3, 0.4) is 0 Å². The van der Waals surface area contributed by atoms with Crippen molar-refractivity contribution in [2.45, 2.75) is 0 Å². The quantitative estimate of drug-likeness (QED) is 0.264. The first-order valence-corrected chi connectivity index (χ1v) is 14.7. The van der Waals surface area contributed by atoms with Gasteiger partial charge in [-0.1, -0.05) is 50.2 Å². The lowest BCUT2D eigenvalue weighted by Gasteiger charge is -2.11. The van der Waals surface area contributed by atoms with E-state index in [0.717, 1.165) is 18.2 Å². The smallest absolute Gasteiger partial charge is 0.218 e. The Kier molecular flexibility index (Phi) is 9.55. The van der Waals surface area contributed by atoms with Crippen LogP contribution in [0.2, 0.25) is 0 Å². The van der Waals surface area contributed by atoms with Crippen LogP contribution in [0.1, 0.15) is 0 Å². The van der Waals surface area contributed by atoms with Crippen molar-refractivity contribution < 1.29 is 25.3 Å². The van der Waals surface area contributed by atoms with Crippen molar-refractivity contribution in [3.8, 4) is 0 Å². The van der Waals surface area contributed by atoms with Crippen molar-refractivity contribution in [1.82, 2.24) is 0 Å². The molecule has 0 unspecified atom stereocenters. The molecule has 0 aromatic rings. The molecule has 0 rings (SSSR count). The van der Waals surface area contributed by atoms with E-state index in [1.807, 2.05) is 0 Å². The predicted molar refractivity (Wildman–Crippen MR) is 100 cm³/mol. The summed E-state index contributed by atoms with van der Waals surface area (Å²) in [6.45, 7) is 9.88. The maximum Gasteiger partial charge on any atom is 0.391 e. The molecular weight excluding hydrogens is 407 g/mol. The van der Waals surface area contributed by atoms with Crippen LogP contribution in [-0.2, 0) is 26.6 Å². The van der Waals surface area contributed by atoms with Crippen LogP contribution in [0.5, 0.6) is 0 Å². The number of hydrogen-bond acceptors (Lipinski definition) is 9. The topological polar surface area (TPSA) is 102 Å².